The summed E-state index contributed by atoms with van der Waals surface area (Å²) < 4.78 is 10.2. The zero-order valence-electron chi connectivity index (χ0n) is 13.1. The van der Waals surface area contributed by atoms with Crippen LogP contribution in [0.25, 0.3) is 10.8 Å². The Morgan fingerprint density at radius 2 is 1.41 bits per heavy atom. The van der Waals surface area contributed by atoms with Crippen LogP contribution in [0.2, 0.25) is 0 Å². The molecule has 0 aliphatic rings. The predicted molar refractivity (Wildman–Crippen MR) is 85.0 cm³/mol. The van der Waals surface area contributed by atoms with Gasteiger partial charge in [0.1, 0.15) is 0 Å². The Labute approximate surface area is 130 Å². The zero-order chi connectivity index (χ0) is 16.1. The monoisotopic (exact) mass is 300 g/mol. The van der Waals surface area contributed by atoms with Crippen molar-refractivity contribution in [3.63, 3.8) is 0 Å². The Kier molecular flexibility index (Phi) is 5.15. The molecule has 2 aromatic carbocycles. The average Bonchev–Trinajstić information content (AvgIpc) is 2.51. The van der Waals surface area contributed by atoms with Gasteiger partial charge in [0.05, 0.1) is 24.3 Å². The number of carbonyl (C=O) groups excluding carboxylic acids is 2. The Hall–Kier alpha value is -2.36. The topological polar surface area (TPSA) is 52.6 Å². The van der Waals surface area contributed by atoms with Crippen LogP contribution in [-0.2, 0) is 9.47 Å². The van der Waals surface area contributed by atoms with Crippen LogP contribution in [-0.4, -0.2) is 25.2 Å². The Balaban J connectivity index is 2.23. The fourth-order valence-corrected chi connectivity index (χ4v) is 2.04. The van der Waals surface area contributed by atoms with Gasteiger partial charge in [0.15, 0.2) is 0 Å². The number of carbonyl (C=O) groups is 2. The molecule has 0 unspecified atom stereocenters. The molecule has 0 amide bonds. The number of hydrogen-bond donors (Lipinski definition) is 0. The zero-order valence-corrected chi connectivity index (χ0v) is 13.1. The van der Waals surface area contributed by atoms with Gasteiger partial charge in [-0.05, 0) is 47.9 Å². The largest absolute Gasteiger partial charge is 0.462 e. The first-order chi connectivity index (χ1) is 10.5. The van der Waals surface area contributed by atoms with Crippen LogP contribution < -0.4 is 0 Å². The Bertz CT molecular complexity index is 689. The molecule has 0 aromatic heterocycles. The standard InChI is InChI=1S/C18H20O4/c1-4-21-17(19)15-7-5-14-10-16(8-6-13(14)9-15)18(20)22-11-12(2)3/h5-10,12H,4,11H2,1-3H3. The van der Waals surface area contributed by atoms with Crippen LogP contribution >= 0.6 is 0 Å². The highest BCUT2D eigenvalue weighted by Crippen LogP contribution is 2.19. The van der Waals surface area contributed by atoms with E-state index in [0.717, 1.165) is 10.8 Å². The van der Waals surface area contributed by atoms with Gasteiger partial charge in [-0.25, -0.2) is 9.59 Å². The fraction of sp³-hybridized carbons (Fsp3) is 0.333. The summed E-state index contributed by atoms with van der Waals surface area (Å²) in [4.78, 5) is 23.7. The fourth-order valence-electron chi connectivity index (χ4n) is 2.04. The summed E-state index contributed by atoms with van der Waals surface area (Å²) in [5.74, 6) is -0.369. The number of esters is 2. The van der Waals surface area contributed by atoms with Gasteiger partial charge in [0.25, 0.3) is 0 Å². The quantitative estimate of drug-likeness (QED) is 0.787. The van der Waals surface area contributed by atoms with Crippen molar-refractivity contribution in [1.29, 1.82) is 0 Å². The van der Waals surface area contributed by atoms with Crippen molar-refractivity contribution >= 4 is 22.7 Å². The summed E-state index contributed by atoms with van der Waals surface area (Å²) in [7, 11) is 0. The third-order valence-electron chi connectivity index (χ3n) is 3.13. The average molecular weight is 300 g/mol. The number of hydrogen-bond acceptors (Lipinski definition) is 4. The van der Waals surface area contributed by atoms with E-state index in [0.29, 0.717) is 30.3 Å². The van der Waals surface area contributed by atoms with Gasteiger partial charge in [-0.2, -0.15) is 0 Å². The first-order valence-electron chi connectivity index (χ1n) is 7.39. The minimum atomic E-state index is -0.343. The second-order valence-electron chi connectivity index (χ2n) is 5.49. The molecule has 0 heterocycles. The lowest BCUT2D eigenvalue weighted by molar-refractivity contribution is 0.0458. The first kappa shape index (κ1) is 16.0. The van der Waals surface area contributed by atoms with Crippen LogP contribution in [0.15, 0.2) is 36.4 Å². The molecule has 0 radical (unpaired) electrons. The van der Waals surface area contributed by atoms with Crippen LogP contribution in [0, 0.1) is 5.92 Å². The molecule has 0 spiro atoms. The highest BCUT2D eigenvalue weighted by Gasteiger charge is 2.11. The van der Waals surface area contributed by atoms with E-state index in [1.807, 2.05) is 19.9 Å². The molecule has 0 fully saturated rings. The van der Waals surface area contributed by atoms with E-state index >= 15 is 0 Å². The smallest absolute Gasteiger partial charge is 0.338 e. The SMILES string of the molecule is CCOC(=O)c1ccc2cc(C(=O)OCC(C)C)ccc2c1. The Morgan fingerprint density at radius 3 is 1.86 bits per heavy atom. The second-order valence-corrected chi connectivity index (χ2v) is 5.49. The molecule has 0 atom stereocenters. The van der Waals surface area contributed by atoms with Gasteiger partial charge in [-0.15, -0.1) is 0 Å². The molecule has 0 aliphatic heterocycles. The van der Waals surface area contributed by atoms with Crippen molar-refractivity contribution < 1.29 is 19.1 Å². The maximum Gasteiger partial charge on any atom is 0.338 e. The van der Waals surface area contributed by atoms with Gasteiger partial charge in [-0.3, -0.25) is 0 Å². The molecule has 22 heavy (non-hydrogen) atoms. The van der Waals surface area contributed by atoms with Crippen molar-refractivity contribution in [2.75, 3.05) is 13.2 Å². The van der Waals surface area contributed by atoms with E-state index < -0.39 is 0 Å². The van der Waals surface area contributed by atoms with Crippen LogP contribution in [0.5, 0.6) is 0 Å². The summed E-state index contributed by atoms with van der Waals surface area (Å²) in [5, 5.41) is 1.76. The highest BCUT2D eigenvalue weighted by atomic mass is 16.5. The van der Waals surface area contributed by atoms with Crippen molar-refractivity contribution in [2.24, 2.45) is 5.92 Å². The van der Waals surface area contributed by atoms with E-state index in [1.165, 1.54) is 0 Å². The molecule has 0 aliphatic carbocycles. The van der Waals surface area contributed by atoms with Gasteiger partial charge in [0.2, 0.25) is 0 Å². The van der Waals surface area contributed by atoms with E-state index in [1.54, 1.807) is 37.3 Å². The lowest BCUT2D eigenvalue weighted by atomic mass is 10.0. The third-order valence-corrected chi connectivity index (χ3v) is 3.13. The van der Waals surface area contributed by atoms with Gasteiger partial charge < -0.3 is 9.47 Å². The second kappa shape index (κ2) is 7.07. The maximum atomic E-state index is 12.0. The molecular formula is C18H20O4. The lowest BCUT2D eigenvalue weighted by Crippen LogP contribution is -2.10. The first-order valence-corrected chi connectivity index (χ1v) is 7.39. The Morgan fingerprint density at radius 1 is 0.909 bits per heavy atom. The third kappa shape index (κ3) is 3.85. The number of fused-ring (bicyclic) bond motifs is 1. The molecular weight excluding hydrogens is 280 g/mol. The van der Waals surface area contributed by atoms with Crippen molar-refractivity contribution in [3.8, 4) is 0 Å². The molecule has 0 N–H and O–H groups in total. The molecule has 4 nitrogen and oxygen atoms in total. The molecule has 0 saturated heterocycles. The van der Waals surface area contributed by atoms with Crippen LogP contribution in [0.4, 0.5) is 0 Å². The summed E-state index contributed by atoms with van der Waals surface area (Å²) in [6.45, 7) is 6.50. The number of rotatable bonds is 5. The van der Waals surface area contributed by atoms with E-state index in [4.69, 9.17) is 9.47 Å². The van der Waals surface area contributed by atoms with E-state index in [2.05, 4.69) is 0 Å². The van der Waals surface area contributed by atoms with Crippen molar-refractivity contribution in [1.82, 2.24) is 0 Å². The molecule has 4 heteroatoms. The molecule has 0 saturated carbocycles. The van der Waals surface area contributed by atoms with Crippen molar-refractivity contribution in [2.45, 2.75) is 20.8 Å². The lowest BCUT2D eigenvalue weighted by Gasteiger charge is -2.08. The van der Waals surface area contributed by atoms with E-state index in [9.17, 15) is 9.59 Å². The van der Waals surface area contributed by atoms with E-state index in [-0.39, 0.29) is 11.9 Å². The van der Waals surface area contributed by atoms with Gasteiger partial charge >= 0.3 is 11.9 Å². The minimum absolute atomic E-state index is 0.302. The minimum Gasteiger partial charge on any atom is -0.462 e. The normalized spacial score (nSPS) is 10.7. The molecule has 116 valence electrons. The maximum absolute atomic E-state index is 12.0. The predicted octanol–water partition coefficient (Wildman–Crippen LogP) is 3.83. The summed E-state index contributed by atoms with van der Waals surface area (Å²) in [6.07, 6.45) is 0. The molecule has 2 rings (SSSR count). The molecule has 0 bridgehead atoms. The summed E-state index contributed by atoms with van der Waals surface area (Å²) >= 11 is 0. The van der Waals surface area contributed by atoms with Crippen LogP contribution in [0.3, 0.4) is 0 Å². The molecule has 2 aromatic rings. The summed E-state index contributed by atoms with van der Waals surface area (Å²) in [5.41, 5.74) is 1.02. The van der Waals surface area contributed by atoms with Gasteiger partial charge in [-0.1, -0.05) is 26.0 Å². The van der Waals surface area contributed by atoms with Gasteiger partial charge in [0, 0.05) is 0 Å². The summed E-state index contributed by atoms with van der Waals surface area (Å²) in [6, 6.07) is 10.6. The highest BCUT2D eigenvalue weighted by molar-refractivity contribution is 5.98. The number of ether oxygens (including phenoxy) is 2. The van der Waals surface area contributed by atoms with Crippen LogP contribution in [0.1, 0.15) is 41.5 Å². The van der Waals surface area contributed by atoms with Crippen molar-refractivity contribution in [3.05, 3.63) is 47.5 Å². The number of benzene rings is 2.